The molecular formula is C21H22N4O5S. The molecule has 1 atom stereocenters. The molecule has 10 heteroatoms. The van der Waals surface area contributed by atoms with Crippen molar-refractivity contribution in [2.45, 2.75) is 11.3 Å². The number of hydrogen-bond donors (Lipinski definition) is 1. The molecule has 0 fully saturated rings. The second-order valence-corrected chi connectivity index (χ2v) is 7.61. The number of ether oxygens (including phenoxy) is 4. The van der Waals surface area contributed by atoms with Crippen LogP contribution in [0.2, 0.25) is 0 Å². The van der Waals surface area contributed by atoms with Crippen LogP contribution in [-0.2, 0) is 11.8 Å². The number of para-hydroxylation sites is 2. The van der Waals surface area contributed by atoms with Crippen LogP contribution in [0.5, 0.6) is 23.0 Å². The molecule has 0 saturated heterocycles. The number of carbonyl (C=O) groups excluding carboxylic acids is 1. The maximum atomic E-state index is 12.5. The minimum Gasteiger partial charge on any atom is -0.497 e. The van der Waals surface area contributed by atoms with Gasteiger partial charge in [0, 0.05) is 13.1 Å². The smallest absolute Gasteiger partial charge is 0.234 e. The number of rotatable bonds is 7. The summed E-state index contributed by atoms with van der Waals surface area (Å²) < 4.78 is 24.1. The lowest BCUT2D eigenvalue weighted by atomic mass is 10.2. The standard InChI is InChI=1S/C21H22N4O5S/c1-25-20(18-11-29-16-6-4-5-7-17(16)30-18)23-24-21(25)31-12-19(26)22-14-10-13(27-2)8-9-15(14)28-3/h4-10,18H,11-12H2,1-3H3,(H,22,26)/t18-/m0/s1. The maximum absolute atomic E-state index is 12.5. The second kappa shape index (κ2) is 9.17. The van der Waals surface area contributed by atoms with Crippen molar-refractivity contribution in [1.82, 2.24) is 14.8 Å². The van der Waals surface area contributed by atoms with Crippen molar-refractivity contribution in [3.63, 3.8) is 0 Å². The van der Waals surface area contributed by atoms with E-state index in [0.29, 0.717) is 46.3 Å². The molecule has 1 aromatic heterocycles. The molecule has 9 nitrogen and oxygen atoms in total. The number of methoxy groups -OCH3 is 2. The van der Waals surface area contributed by atoms with Crippen LogP contribution in [0.4, 0.5) is 5.69 Å². The lowest BCUT2D eigenvalue weighted by molar-refractivity contribution is -0.113. The molecule has 0 aliphatic carbocycles. The Bertz CT molecular complexity index is 1090. The molecule has 1 aliphatic rings. The van der Waals surface area contributed by atoms with E-state index in [4.69, 9.17) is 18.9 Å². The Balaban J connectivity index is 1.39. The average Bonchev–Trinajstić information content (AvgIpc) is 3.17. The molecule has 1 aliphatic heterocycles. The molecule has 0 bridgehead atoms. The molecule has 4 rings (SSSR count). The summed E-state index contributed by atoms with van der Waals surface area (Å²) >= 11 is 1.28. The Morgan fingerprint density at radius 3 is 2.77 bits per heavy atom. The van der Waals surface area contributed by atoms with Gasteiger partial charge in [-0.25, -0.2) is 0 Å². The lowest BCUT2D eigenvalue weighted by Crippen LogP contribution is -2.24. The van der Waals surface area contributed by atoms with E-state index in [9.17, 15) is 4.79 Å². The van der Waals surface area contributed by atoms with Crippen molar-refractivity contribution in [2.75, 3.05) is 31.9 Å². The molecule has 2 heterocycles. The number of nitrogens with one attached hydrogen (secondary N) is 1. The minimum atomic E-state index is -0.378. The first-order valence-electron chi connectivity index (χ1n) is 9.51. The van der Waals surface area contributed by atoms with Gasteiger partial charge in [-0.2, -0.15) is 0 Å². The maximum Gasteiger partial charge on any atom is 0.234 e. The van der Waals surface area contributed by atoms with Crippen LogP contribution in [0.25, 0.3) is 0 Å². The Kier molecular flexibility index (Phi) is 6.17. The Morgan fingerprint density at radius 2 is 2.00 bits per heavy atom. The first kappa shape index (κ1) is 20.9. The summed E-state index contributed by atoms with van der Waals surface area (Å²) in [6.07, 6.45) is -0.378. The van der Waals surface area contributed by atoms with Crippen molar-refractivity contribution in [1.29, 1.82) is 0 Å². The van der Waals surface area contributed by atoms with Gasteiger partial charge in [-0.15, -0.1) is 10.2 Å². The highest BCUT2D eigenvalue weighted by atomic mass is 32.2. The fourth-order valence-electron chi connectivity index (χ4n) is 3.11. The number of thioether (sulfide) groups is 1. The van der Waals surface area contributed by atoms with Crippen molar-refractivity contribution in [3.05, 3.63) is 48.3 Å². The highest BCUT2D eigenvalue weighted by Gasteiger charge is 2.27. The number of fused-ring (bicyclic) bond motifs is 1. The zero-order valence-corrected chi connectivity index (χ0v) is 18.1. The van der Waals surface area contributed by atoms with Crippen molar-refractivity contribution >= 4 is 23.4 Å². The van der Waals surface area contributed by atoms with Gasteiger partial charge in [0.25, 0.3) is 0 Å². The first-order valence-corrected chi connectivity index (χ1v) is 10.5. The van der Waals surface area contributed by atoms with Crippen LogP contribution in [0.15, 0.2) is 47.6 Å². The zero-order chi connectivity index (χ0) is 21.8. The predicted octanol–water partition coefficient (Wildman–Crippen LogP) is 3.08. The van der Waals surface area contributed by atoms with Gasteiger partial charge in [0.15, 0.2) is 28.6 Å². The van der Waals surface area contributed by atoms with Gasteiger partial charge in [-0.3, -0.25) is 4.79 Å². The molecule has 0 unspecified atom stereocenters. The summed E-state index contributed by atoms with van der Waals surface area (Å²) in [6.45, 7) is 0.337. The summed E-state index contributed by atoms with van der Waals surface area (Å²) in [6, 6.07) is 12.7. The zero-order valence-electron chi connectivity index (χ0n) is 17.3. The van der Waals surface area contributed by atoms with E-state index >= 15 is 0 Å². The molecule has 2 aromatic carbocycles. The van der Waals surface area contributed by atoms with Crippen LogP contribution in [-0.4, -0.2) is 47.3 Å². The van der Waals surface area contributed by atoms with E-state index in [2.05, 4.69) is 15.5 Å². The average molecular weight is 442 g/mol. The van der Waals surface area contributed by atoms with E-state index < -0.39 is 0 Å². The van der Waals surface area contributed by atoms with E-state index in [-0.39, 0.29) is 17.8 Å². The van der Waals surface area contributed by atoms with Gasteiger partial charge in [-0.05, 0) is 24.3 Å². The van der Waals surface area contributed by atoms with Crippen LogP contribution in [0.1, 0.15) is 11.9 Å². The monoisotopic (exact) mass is 442 g/mol. The Morgan fingerprint density at radius 1 is 1.19 bits per heavy atom. The third-order valence-electron chi connectivity index (χ3n) is 4.68. The number of carbonyl (C=O) groups is 1. The summed E-state index contributed by atoms with van der Waals surface area (Å²) in [4.78, 5) is 12.5. The number of hydrogen-bond acceptors (Lipinski definition) is 8. The van der Waals surface area contributed by atoms with Crippen LogP contribution >= 0.6 is 11.8 Å². The summed E-state index contributed by atoms with van der Waals surface area (Å²) in [7, 11) is 4.95. The molecule has 0 saturated carbocycles. The quantitative estimate of drug-likeness (QED) is 0.558. The van der Waals surface area contributed by atoms with Crippen LogP contribution < -0.4 is 24.3 Å². The van der Waals surface area contributed by atoms with Crippen LogP contribution in [0, 0.1) is 0 Å². The number of nitrogens with zero attached hydrogens (tertiary/aromatic N) is 3. The van der Waals surface area contributed by atoms with Gasteiger partial charge in [0.05, 0.1) is 25.7 Å². The van der Waals surface area contributed by atoms with Crippen molar-refractivity contribution < 1.29 is 23.7 Å². The minimum absolute atomic E-state index is 0.150. The van der Waals surface area contributed by atoms with E-state index in [1.807, 2.05) is 35.9 Å². The molecule has 31 heavy (non-hydrogen) atoms. The molecule has 162 valence electrons. The fraction of sp³-hybridized carbons (Fsp3) is 0.286. The predicted molar refractivity (Wildman–Crippen MR) is 115 cm³/mol. The highest BCUT2D eigenvalue weighted by molar-refractivity contribution is 7.99. The number of anilines is 1. The SMILES string of the molecule is COc1ccc(OC)c(NC(=O)CSc2nnc([C@@H]3COc4ccccc4O3)n2C)c1. The second-order valence-electron chi connectivity index (χ2n) is 6.67. The van der Waals surface area contributed by atoms with E-state index in [1.54, 1.807) is 32.4 Å². The Hall–Kier alpha value is -3.40. The molecule has 0 radical (unpaired) electrons. The van der Waals surface area contributed by atoms with E-state index in [1.165, 1.54) is 11.8 Å². The van der Waals surface area contributed by atoms with Crippen LogP contribution in [0.3, 0.4) is 0 Å². The summed E-state index contributed by atoms with van der Waals surface area (Å²) in [5.74, 6) is 3.13. The van der Waals surface area contributed by atoms with Crippen molar-refractivity contribution in [3.8, 4) is 23.0 Å². The molecule has 3 aromatic rings. The first-order chi connectivity index (χ1) is 15.1. The van der Waals surface area contributed by atoms with Gasteiger partial charge in [0.2, 0.25) is 5.91 Å². The molecule has 0 spiro atoms. The number of amides is 1. The molecule has 1 amide bonds. The number of benzene rings is 2. The largest absolute Gasteiger partial charge is 0.497 e. The van der Waals surface area contributed by atoms with Gasteiger partial charge >= 0.3 is 0 Å². The van der Waals surface area contributed by atoms with Gasteiger partial charge < -0.3 is 28.8 Å². The lowest BCUT2D eigenvalue weighted by Gasteiger charge is -2.25. The van der Waals surface area contributed by atoms with Gasteiger partial charge in [0.1, 0.15) is 18.1 Å². The summed E-state index contributed by atoms with van der Waals surface area (Å²) in [5.41, 5.74) is 0.539. The van der Waals surface area contributed by atoms with Gasteiger partial charge in [-0.1, -0.05) is 23.9 Å². The highest BCUT2D eigenvalue weighted by Crippen LogP contribution is 2.36. The van der Waals surface area contributed by atoms with Crippen molar-refractivity contribution in [2.24, 2.45) is 7.05 Å². The molecule has 1 N–H and O–H groups in total. The summed E-state index contributed by atoms with van der Waals surface area (Å²) in [5, 5.41) is 11.9. The molecular weight excluding hydrogens is 420 g/mol. The number of aromatic nitrogens is 3. The topological polar surface area (TPSA) is 96.7 Å². The van der Waals surface area contributed by atoms with E-state index in [0.717, 1.165) is 0 Å². The normalized spacial score (nSPS) is 14.7. The fourth-order valence-corrected chi connectivity index (χ4v) is 3.83. The third kappa shape index (κ3) is 4.53. The Labute approximate surface area is 183 Å². The third-order valence-corrected chi connectivity index (χ3v) is 5.70.